The summed E-state index contributed by atoms with van der Waals surface area (Å²) in [4.78, 5) is 4.90. The zero-order valence-electron chi connectivity index (χ0n) is 18.5. The minimum atomic E-state index is -0.642. The molecule has 0 aromatic heterocycles. The highest BCUT2D eigenvalue weighted by atomic mass is 16.5. The first kappa shape index (κ1) is 21.4. The molecular weight excluding hydrogens is 384 g/mol. The van der Waals surface area contributed by atoms with Gasteiger partial charge < -0.3 is 19.6 Å². The van der Waals surface area contributed by atoms with Gasteiger partial charge in [0.15, 0.2) is 0 Å². The third-order valence-electron chi connectivity index (χ3n) is 6.21. The van der Waals surface area contributed by atoms with E-state index < -0.39 is 6.10 Å². The Morgan fingerprint density at radius 3 is 2.16 bits per heavy atom. The van der Waals surface area contributed by atoms with E-state index in [9.17, 15) is 5.11 Å². The van der Waals surface area contributed by atoms with Crippen molar-refractivity contribution in [1.29, 1.82) is 0 Å². The fourth-order valence-electron chi connectivity index (χ4n) is 4.40. The van der Waals surface area contributed by atoms with Gasteiger partial charge in [-0.05, 0) is 29.8 Å². The SMILES string of the molecule is CCN1CCN(c2cc(-c3ccccc3)c(OC)c(C(O)Cc3ccccc3)c2)CC1. The number of anilines is 1. The zero-order chi connectivity index (χ0) is 21.6. The molecule has 1 aliphatic heterocycles. The van der Waals surface area contributed by atoms with Gasteiger partial charge in [0.1, 0.15) is 5.75 Å². The van der Waals surface area contributed by atoms with Crippen LogP contribution in [0, 0.1) is 0 Å². The molecule has 1 atom stereocenters. The third kappa shape index (κ3) is 4.92. The van der Waals surface area contributed by atoms with Crippen LogP contribution in [0.5, 0.6) is 5.75 Å². The average Bonchev–Trinajstić information content (AvgIpc) is 2.84. The predicted molar refractivity (Wildman–Crippen MR) is 128 cm³/mol. The van der Waals surface area contributed by atoms with Gasteiger partial charge in [-0.15, -0.1) is 0 Å². The van der Waals surface area contributed by atoms with E-state index in [0.29, 0.717) is 6.42 Å². The molecule has 1 N–H and O–H groups in total. The number of nitrogens with zero attached hydrogens (tertiary/aromatic N) is 2. The molecule has 3 aromatic carbocycles. The number of piperazine rings is 1. The Labute approximate surface area is 185 Å². The molecule has 1 saturated heterocycles. The highest BCUT2D eigenvalue weighted by molar-refractivity contribution is 5.77. The van der Waals surface area contributed by atoms with Crippen LogP contribution in [-0.2, 0) is 6.42 Å². The molecule has 4 nitrogen and oxygen atoms in total. The molecule has 0 aliphatic carbocycles. The van der Waals surface area contributed by atoms with E-state index in [1.165, 1.54) is 0 Å². The maximum Gasteiger partial charge on any atom is 0.132 e. The number of hydrogen-bond donors (Lipinski definition) is 1. The van der Waals surface area contributed by atoms with Crippen molar-refractivity contribution in [3.05, 3.63) is 83.9 Å². The summed E-state index contributed by atoms with van der Waals surface area (Å²) in [6.45, 7) is 7.41. The number of hydrogen-bond acceptors (Lipinski definition) is 4. The maximum absolute atomic E-state index is 11.3. The second-order valence-electron chi connectivity index (χ2n) is 8.11. The van der Waals surface area contributed by atoms with Gasteiger partial charge in [0, 0.05) is 49.4 Å². The van der Waals surface area contributed by atoms with Gasteiger partial charge in [0.05, 0.1) is 13.2 Å². The molecule has 4 rings (SSSR count). The van der Waals surface area contributed by atoms with Gasteiger partial charge in [0.2, 0.25) is 0 Å². The number of benzene rings is 3. The van der Waals surface area contributed by atoms with Crippen LogP contribution >= 0.6 is 0 Å². The Morgan fingerprint density at radius 2 is 1.55 bits per heavy atom. The smallest absolute Gasteiger partial charge is 0.132 e. The van der Waals surface area contributed by atoms with Crippen LogP contribution < -0.4 is 9.64 Å². The van der Waals surface area contributed by atoms with Crippen LogP contribution in [0.2, 0.25) is 0 Å². The van der Waals surface area contributed by atoms with Gasteiger partial charge in [-0.25, -0.2) is 0 Å². The van der Waals surface area contributed by atoms with Crippen molar-refractivity contribution in [2.24, 2.45) is 0 Å². The minimum Gasteiger partial charge on any atom is -0.496 e. The fourth-order valence-corrected chi connectivity index (χ4v) is 4.40. The zero-order valence-corrected chi connectivity index (χ0v) is 18.5. The third-order valence-corrected chi connectivity index (χ3v) is 6.21. The molecule has 1 aliphatic rings. The van der Waals surface area contributed by atoms with Crippen molar-refractivity contribution in [3.8, 4) is 16.9 Å². The van der Waals surface area contributed by atoms with Gasteiger partial charge in [-0.2, -0.15) is 0 Å². The van der Waals surface area contributed by atoms with Crippen molar-refractivity contribution >= 4 is 5.69 Å². The summed E-state index contributed by atoms with van der Waals surface area (Å²) in [6.07, 6.45) is -0.0879. The number of methoxy groups -OCH3 is 1. The Balaban J connectivity index is 1.75. The average molecular weight is 417 g/mol. The Hall–Kier alpha value is -2.82. The minimum absolute atomic E-state index is 0.554. The molecule has 31 heavy (non-hydrogen) atoms. The molecule has 1 unspecified atom stereocenters. The Bertz CT molecular complexity index is 967. The molecule has 4 heteroatoms. The molecule has 0 amide bonds. The first-order valence-corrected chi connectivity index (χ1v) is 11.2. The first-order valence-electron chi connectivity index (χ1n) is 11.2. The molecule has 1 fully saturated rings. The van der Waals surface area contributed by atoms with Crippen LogP contribution in [0.1, 0.15) is 24.2 Å². The number of aliphatic hydroxyl groups is 1. The van der Waals surface area contributed by atoms with Crippen LogP contribution in [0.15, 0.2) is 72.8 Å². The molecule has 1 heterocycles. The summed E-state index contributed by atoms with van der Waals surface area (Å²) in [5.74, 6) is 0.755. The normalized spacial score (nSPS) is 15.6. The standard InChI is InChI=1S/C27H32N2O2/c1-3-28-14-16-29(17-15-28)23-19-24(22-12-8-5-9-13-22)27(31-2)25(20-23)26(30)18-21-10-6-4-7-11-21/h4-13,19-20,26,30H,3,14-18H2,1-2H3. The van der Waals surface area contributed by atoms with Crippen molar-refractivity contribution < 1.29 is 9.84 Å². The van der Waals surface area contributed by atoms with Gasteiger partial charge in [-0.3, -0.25) is 0 Å². The molecular formula is C27H32N2O2. The van der Waals surface area contributed by atoms with Crippen molar-refractivity contribution in [3.63, 3.8) is 0 Å². The summed E-state index contributed by atoms with van der Waals surface area (Å²) < 4.78 is 5.88. The van der Waals surface area contributed by atoms with Crippen molar-refractivity contribution in [1.82, 2.24) is 4.90 Å². The lowest BCUT2D eigenvalue weighted by molar-refractivity contribution is 0.174. The van der Waals surface area contributed by atoms with E-state index in [4.69, 9.17) is 4.74 Å². The van der Waals surface area contributed by atoms with E-state index in [2.05, 4.69) is 53.1 Å². The summed E-state index contributed by atoms with van der Waals surface area (Å²) in [6, 6.07) is 24.8. The van der Waals surface area contributed by atoms with Crippen molar-refractivity contribution in [2.75, 3.05) is 44.7 Å². The lowest BCUT2D eigenvalue weighted by atomic mass is 9.94. The monoisotopic (exact) mass is 416 g/mol. The van der Waals surface area contributed by atoms with E-state index in [0.717, 1.165) is 66.4 Å². The molecule has 0 saturated carbocycles. The Morgan fingerprint density at radius 1 is 0.903 bits per heavy atom. The molecule has 3 aromatic rings. The predicted octanol–water partition coefficient (Wildman–Crippen LogP) is 4.78. The van der Waals surface area contributed by atoms with E-state index in [1.807, 2.05) is 36.4 Å². The summed E-state index contributed by atoms with van der Waals surface area (Å²) in [5, 5.41) is 11.3. The van der Waals surface area contributed by atoms with Gasteiger partial charge >= 0.3 is 0 Å². The quantitative estimate of drug-likeness (QED) is 0.601. The van der Waals surface area contributed by atoms with Crippen molar-refractivity contribution in [2.45, 2.75) is 19.4 Å². The van der Waals surface area contributed by atoms with Crippen LogP contribution in [-0.4, -0.2) is 49.8 Å². The maximum atomic E-state index is 11.3. The van der Waals surface area contributed by atoms with Gasteiger partial charge in [0.25, 0.3) is 0 Å². The van der Waals surface area contributed by atoms with E-state index in [-0.39, 0.29) is 0 Å². The Kier molecular flexibility index (Phi) is 6.90. The lowest BCUT2D eigenvalue weighted by Crippen LogP contribution is -2.46. The number of aliphatic hydroxyl groups excluding tert-OH is 1. The summed E-state index contributed by atoms with van der Waals surface area (Å²) in [7, 11) is 1.69. The summed E-state index contributed by atoms with van der Waals surface area (Å²) >= 11 is 0. The largest absolute Gasteiger partial charge is 0.496 e. The lowest BCUT2D eigenvalue weighted by Gasteiger charge is -2.36. The highest BCUT2D eigenvalue weighted by Crippen LogP contribution is 2.41. The molecule has 0 bridgehead atoms. The molecule has 0 radical (unpaired) electrons. The second-order valence-corrected chi connectivity index (χ2v) is 8.11. The number of likely N-dealkylation sites (N-methyl/N-ethyl adjacent to an activating group) is 1. The molecule has 162 valence electrons. The van der Waals surface area contributed by atoms with Crippen LogP contribution in [0.4, 0.5) is 5.69 Å². The second kappa shape index (κ2) is 9.99. The van der Waals surface area contributed by atoms with Crippen LogP contribution in [0.3, 0.4) is 0 Å². The topological polar surface area (TPSA) is 35.9 Å². The first-order chi connectivity index (χ1) is 15.2. The highest BCUT2D eigenvalue weighted by Gasteiger charge is 2.23. The van der Waals surface area contributed by atoms with Gasteiger partial charge in [-0.1, -0.05) is 67.6 Å². The van der Waals surface area contributed by atoms with E-state index >= 15 is 0 Å². The number of ether oxygens (including phenoxy) is 1. The fraction of sp³-hybridized carbons (Fsp3) is 0.333. The van der Waals surface area contributed by atoms with Crippen LogP contribution in [0.25, 0.3) is 11.1 Å². The number of rotatable bonds is 7. The van der Waals surface area contributed by atoms with E-state index in [1.54, 1.807) is 7.11 Å². The summed E-state index contributed by atoms with van der Waals surface area (Å²) in [5.41, 5.74) is 5.24. The molecule has 0 spiro atoms.